The number of hydrogen-bond acceptors (Lipinski definition) is 6. The smallest absolute Gasteiger partial charge is 0.159 e. The number of rotatable bonds is 0. The van der Waals surface area contributed by atoms with Gasteiger partial charge in [0.25, 0.3) is 0 Å². The first-order valence-corrected chi connectivity index (χ1v) is 5.10. The summed E-state index contributed by atoms with van der Waals surface area (Å²) in [6.07, 6.45) is 0. The quantitative estimate of drug-likeness (QED) is 0.353. The fraction of sp³-hybridized carbons (Fsp3) is 0. The molecule has 6 heteroatoms. The van der Waals surface area contributed by atoms with Crippen molar-refractivity contribution in [2.45, 2.75) is 0 Å². The zero-order valence-electron chi connectivity index (χ0n) is 8.99. The fourth-order valence-electron chi connectivity index (χ4n) is 1.73. The summed E-state index contributed by atoms with van der Waals surface area (Å²) in [5.74, 6) is -1.17. The molecule has 0 atom stereocenters. The third-order valence-corrected chi connectivity index (χ3v) is 2.63. The van der Waals surface area contributed by atoms with Gasteiger partial charge in [-0.15, -0.1) is 0 Å². The van der Waals surface area contributed by atoms with Crippen LogP contribution in [0.5, 0.6) is 23.0 Å². The standard InChI is InChI=1S/C12H8N2O4/c15-9-1-5-6(2-10(9)16)14-8-4-12(18)11(17)3-7(8)13-5/h1-4,15-18H. The first kappa shape index (κ1) is 10.4. The van der Waals surface area contributed by atoms with Gasteiger partial charge >= 0.3 is 0 Å². The molecular formula is C12H8N2O4. The second-order valence-corrected chi connectivity index (χ2v) is 3.88. The van der Waals surface area contributed by atoms with E-state index in [1.54, 1.807) is 0 Å². The van der Waals surface area contributed by atoms with Crippen LogP contribution in [0.15, 0.2) is 24.3 Å². The largest absolute Gasteiger partial charge is 0.504 e. The minimum atomic E-state index is -0.292. The molecule has 2 aromatic carbocycles. The maximum atomic E-state index is 9.38. The molecule has 6 nitrogen and oxygen atoms in total. The Bertz CT molecular complexity index is 657. The van der Waals surface area contributed by atoms with Crippen LogP contribution < -0.4 is 0 Å². The molecule has 1 aromatic heterocycles. The van der Waals surface area contributed by atoms with Crippen molar-refractivity contribution in [1.29, 1.82) is 0 Å². The topological polar surface area (TPSA) is 107 Å². The minimum absolute atomic E-state index is 0.292. The molecule has 0 aliphatic carbocycles. The van der Waals surface area contributed by atoms with Crippen molar-refractivity contribution in [3.63, 3.8) is 0 Å². The van der Waals surface area contributed by atoms with Crippen molar-refractivity contribution in [2.75, 3.05) is 0 Å². The molecule has 0 fully saturated rings. The Balaban J connectivity index is 2.43. The fourth-order valence-corrected chi connectivity index (χ4v) is 1.73. The molecule has 0 spiro atoms. The van der Waals surface area contributed by atoms with E-state index in [2.05, 4.69) is 9.97 Å². The Kier molecular flexibility index (Phi) is 1.94. The van der Waals surface area contributed by atoms with Crippen LogP contribution in [-0.4, -0.2) is 30.4 Å². The highest BCUT2D eigenvalue weighted by molar-refractivity contribution is 5.89. The monoisotopic (exact) mass is 244 g/mol. The lowest BCUT2D eigenvalue weighted by atomic mass is 10.2. The van der Waals surface area contributed by atoms with Gasteiger partial charge in [-0.25, -0.2) is 9.97 Å². The van der Waals surface area contributed by atoms with E-state index in [4.69, 9.17) is 0 Å². The molecule has 0 amide bonds. The van der Waals surface area contributed by atoms with E-state index in [1.807, 2.05) is 0 Å². The molecule has 0 bridgehead atoms. The molecule has 0 radical (unpaired) electrons. The highest BCUT2D eigenvalue weighted by Crippen LogP contribution is 2.32. The molecule has 90 valence electrons. The average Bonchev–Trinajstić information content (AvgIpc) is 2.31. The van der Waals surface area contributed by atoms with Crippen molar-refractivity contribution in [3.05, 3.63) is 24.3 Å². The Morgan fingerprint density at radius 3 is 0.944 bits per heavy atom. The lowest BCUT2D eigenvalue weighted by Gasteiger charge is -2.04. The van der Waals surface area contributed by atoms with Gasteiger partial charge in [0.05, 0.1) is 22.1 Å². The van der Waals surface area contributed by atoms with Crippen molar-refractivity contribution >= 4 is 22.1 Å². The zero-order chi connectivity index (χ0) is 12.9. The second kappa shape index (κ2) is 3.36. The van der Waals surface area contributed by atoms with E-state index >= 15 is 0 Å². The number of hydrogen-bond donors (Lipinski definition) is 4. The molecule has 0 unspecified atom stereocenters. The molecule has 0 aliphatic rings. The van der Waals surface area contributed by atoms with Gasteiger partial charge in [-0.2, -0.15) is 0 Å². The first-order valence-electron chi connectivity index (χ1n) is 5.10. The highest BCUT2D eigenvalue weighted by atomic mass is 16.3. The molecule has 3 rings (SSSR count). The number of aromatic nitrogens is 2. The number of nitrogens with zero attached hydrogens (tertiary/aromatic N) is 2. The number of benzene rings is 2. The van der Waals surface area contributed by atoms with Gasteiger partial charge in [0.15, 0.2) is 23.0 Å². The number of phenols is 4. The molecule has 0 aliphatic heterocycles. The number of fused-ring (bicyclic) bond motifs is 2. The van der Waals surface area contributed by atoms with Crippen molar-refractivity contribution in [2.24, 2.45) is 0 Å². The summed E-state index contributed by atoms with van der Waals surface area (Å²) in [5.41, 5.74) is 1.51. The van der Waals surface area contributed by atoms with Gasteiger partial charge in [0.2, 0.25) is 0 Å². The van der Waals surface area contributed by atoms with Crippen LogP contribution in [-0.2, 0) is 0 Å². The summed E-state index contributed by atoms with van der Waals surface area (Å²) in [6, 6.07) is 5.12. The summed E-state index contributed by atoms with van der Waals surface area (Å²) < 4.78 is 0. The molecule has 1 heterocycles. The Morgan fingerprint density at radius 1 is 0.500 bits per heavy atom. The van der Waals surface area contributed by atoms with Crippen LogP contribution in [0.3, 0.4) is 0 Å². The average molecular weight is 244 g/mol. The summed E-state index contributed by atoms with van der Waals surface area (Å²) >= 11 is 0. The number of phenolic OH excluding ortho intramolecular Hbond substituents is 4. The van der Waals surface area contributed by atoms with E-state index in [0.717, 1.165) is 0 Å². The van der Waals surface area contributed by atoms with E-state index in [0.29, 0.717) is 22.1 Å². The predicted molar refractivity (Wildman–Crippen MR) is 63.7 cm³/mol. The maximum absolute atomic E-state index is 9.38. The normalized spacial score (nSPS) is 11.1. The Morgan fingerprint density at radius 2 is 0.722 bits per heavy atom. The van der Waals surface area contributed by atoms with E-state index in [1.165, 1.54) is 24.3 Å². The SMILES string of the molecule is Oc1cc2nc3cc(O)c(O)cc3nc2cc1O. The van der Waals surface area contributed by atoms with Gasteiger partial charge in [0.1, 0.15) is 0 Å². The third-order valence-electron chi connectivity index (χ3n) is 2.63. The van der Waals surface area contributed by atoms with Crippen molar-refractivity contribution in [3.8, 4) is 23.0 Å². The summed E-state index contributed by atoms with van der Waals surface area (Å²) in [6.45, 7) is 0. The van der Waals surface area contributed by atoms with E-state index in [-0.39, 0.29) is 23.0 Å². The van der Waals surface area contributed by atoms with Gasteiger partial charge in [-0.05, 0) is 0 Å². The lowest BCUT2D eigenvalue weighted by Crippen LogP contribution is -1.87. The molecule has 0 saturated heterocycles. The van der Waals surface area contributed by atoms with Crippen LogP contribution in [0.25, 0.3) is 22.1 Å². The zero-order valence-corrected chi connectivity index (χ0v) is 8.99. The maximum Gasteiger partial charge on any atom is 0.159 e. The van der Waals surface area contributed by atoms with Crippen LogP contribution in [0.1, 0.15) is 0 Å². The summed E-state index contributed by atoms with van der Waals surface area (Å²) in [7, 11) is 0. The highest BCUT2D eigenvalue weighted by Gasteiger charge is 2.09. The van der Waals surface area contributed by atoms with Crippen LogP contribution in [0.2, 0.25) is 0 Å². The Hall–Kier alpha value is -2.76. The summed E-state index contributed by atoms with van der Waals surface area (Å²) in [5, 5.41) is 37.5. The molecule has 0 saturated carbocycles. The van der Waals surface area contributed by atoms with Crippen LogP contribution in [0, 0.1) is 0 Å². The minimum Gasteiger partial charge on any atom is -0.504 e. The molecule has 4 N–H and O–H groups in total. The van der Waals surface area contributed by atoms with Gasteiger partial charge in [-0.1, -0.05) is 0 Å². The third kappa shape index (κ3) is 1.43. The molecular weight excluding hydrogens is 236 g/mol. The molecule has 3 aromatic rings. The van der Waals surface area contributed by atoms with Crippen molar-refractivity contribution in [1.82, 2.24) is 9.97 Å². The van der Waals surface area contributed by atoms with Gasteiger partial charge in [-0.3, -0.25) is 0 Å². The van der Waals surface area contributed by atoms with Crippen LogP contribution in [0.4, 0.5) is 0 Å². The van der Waals surface area contributed by atoms with E-state index in [9.17, 15) is 20.4 Å². The number of aromatic hydroxyl groups is 4. The van der Waals surface area contributed by atoms with Crippen molar-refractivity contribution < 1.29 is 20.4 Å². The summed E-state index contributed by atoms with van der Waals surface area (Å²) in [4.78, 5) is 8.35. The first-order chi connectivity index (χ1) is 8.54. The lowest BCUT2D eigenvalue weighted by molar-refractivity contribution is 0.404. The van der Waals surface area contributed by atoms with Crippen LogP contribution >= 0.6 is 0 Å². The second-order valence-electron chi connectivity index (χ2n) is 3.88. The van der Waals surface area contributed by atoms with E-state index < -0.39 is 0 Å². The van der Waals surface area contributed by atoms with Gasteiger partial charge < -0.3 is 20.4 Å². The van der Waals surface area contributed by atoms with Gasteiger partial charge in [0, 0.05) is 24.3 Å². The molecule has 18 heavy (non-hydrogen) atoms. The predicted octanol–water partition coefficient (Wildman–Crippen LogP) is 1.61. The Labute approximate surface area is 100 Å².